The topological polar surface area (TPSA) is 67.8 Å². The molecule has 5 heteroatoms. The van der Waals surface area contributed by atoms with Crippen LogP contribution in [0.1, 0.15) is 22.8 Å². The lowest BCUT2D eigenvalue weighted by Crippen LogP contribution is -2.30. The lowest BCUT2D eigenvalue weighted by Gasteiger charge is -2.14. The summed E-state index contributed by atoms with van der Waals surface area (Å²) in [5.41, 5.74) is 1.33. The molecule has 2 aromatic carbocycles. The van der Waals surface area contributed by atoms with Crippen molar-refractivity contribution in [3.8, 4) is 5.75 Å². The highest BCUT2D eigenvalue weighted by atomic mass is 16.7. The fraction of sp³-hybridized carbons (Fsp3) is 0.278. The Kier molecular flexibility index (Phi) is 6.59. The van der Waals surface area contributed by atoms with Crippen molar-refractivity contribution in [3.05, 3.63) is 65.7 Å². The number of hydrogen-bond donors (Lipinski definition) is 2. The van der Waals surface area contributed by atoms with Crippen LogP contribution in [-0.4, -0.2) is 30.5 Å². The van der Waals surface area contributed by atoms with Crippen LogP contribution < -0.4 is 5.32 Å². The normalized spacial score (nSPS) is 11.9. The van der Waals surface area contributed by atoms with E-state index in [0.717, 1.165) is 6.54 Å². The van der Waals surface area contributed by atoms with E-state index in [2.05, 4.69) is 17.4 Å². The molecule has 0 saturated carbocycles. The van der Waals surface area contributed by atoms with Crippen LogP contribution in [0.5, 0.6) is 5.75 Å². The van der Waals surface area contributed by atoms with Gasteiger partial charge in [-0.1, -0.05) is 42.5 Å². The Bertz CT molecular complexity index is 615. The summed E-state index contributed by atoms with van der Waals surface area (Å²) in [6, 6.07) is 16.4. The Balaban J connectivity index is 1.63. The van der Waals surface area contributed by atoms with Crippen molar-refractivity contribution in [1.29, 1.82) is 0 Å². The van der Waals surface area contributed by atoms with Crippen molar-refractivity contribution < 1.29 is 19.4 Å². The van der Waals surface area contributed by atoms with Gasteiger partial charge in [-0.3, -0.25) is 0 Å². The number of carbonyl (C=O) groups excluding carboxylic acids is 1. The van der Waals surface area contributed by atoms with Crippen LogP contribution in [0.15, 0.2) is 54.6 Å². The molecule has 0 aliphatic heterocycles. The molecule has 0 aliphatic rings. The fourth-order valence-electron chi connectivity index (χ4n) is 1.99. The Hall–Kier alpha value is -2.37. The van der Waals surface area contributed by atoms with Gasteiger partial charge in [-0.15, -0.1) is 0 Å². The highest BCUT2D eigenvalue weighted by molar-refractivity contribution is 5.92. The minimum atomic E-state index is -0.604. The van der Waals surface area contributed by atoms with Gasteiger partial charge in [0.15, 0.2) is 6.79 Å². The van der Waals surface area contributed by atoms with E-state index >= 15 is 0 Å². The molecule has 2 N–H and O–H groups in total. The molecule has 0 radical (unpaired) electrons. The monoisotopic (exact) mass is 315 g/mol. The highest BCUT2D eigenvalue weighted by Crippen LogP contribution is 2.16. The molecule has 122 valence electrons. The largest absolute Gasteiger partial charge is 0.507 e. The summed E-state index contributed by atoms with van der Waals surface area (Å²) in [6.45, 7) is 3.02. The lowest BCUT2D eigenvalue weighted by molar-refractivity contribution is -0.0363. The molecule has 2 rings (SSSR count). The second-order valence-corrected chi connectivity index (χ2v) is 5.21. The maximum atomic E-state index is 11.7. The summed E-state index contributed by atoms with van der Waals surface area (Å²) in [6.07, 6.45) is 0. The summed E-state index contributed by atoms with van der Waals surface area (Å²) in [5.74, 6) is -0.705. The number of benzene rings is 2. The van der Waals surface area contributed by atoms with E-state index in [1.165, 1.54) is 17.7 Å². The third kappa shape index (κ3) is 5.73. The van der Waals surface area contributed by atoms with E-state index in [9.17, 15) is 9.90 Å². The van der Waals surface area contributed by atoms with Crippen LogP contribution in [0.4, 0.5) is 0 Å². The molecule has 1 unspecified atom stereocenters. The van der Waals surface area contributed by atoms with E-state index in [-0.39, 0.29) is 24.1 Å². The quantitative estimate of drug-likeness (QED) is 0.445. The van der Waals surface area contributed by atoms with Crippen LogP contribution in [0.2, 0.25) is 0 Å². The van der Waals surface area contributed by atoms with E-state index in [0.29, 0.717) is 6.61 Å². The second-order valence-electron chi connectivity index (χ2n) is 5.21. The fourth-order valence-corrected chi connectivity index (χ4v) is 1.99. The number of phenolic OH excluding ortho intramolecular Hbond substituents is 1. The standard InChI is InChI=1S/C18H21NO4/c1-14(19-11-15-7-3-2-4-8-15)12-22-13-23-18(21)16-9-5-6-10-17(16)20/h2-10,14,19-20H,11-13H2,1H3. The van der Waals surface area contributed by atoms with Crippen LogP contribution in [-0.2, 0) is 16.0 Å². The minimum Gasteiger partial charge on any atom is -0.507 e. The maximum Gasteiger partial charge on any atom is 0.344 e. The van der Waals surface area contributed by atoms with Gasteiger partial charge in [0.05, 0.1) is 6.61 Å². The SMILES string of the molecule is CC(COCOC(=O)c1ccccc1O)NCc1ccccc1. The predicted molar refractivity (Wildman–Crippen MR) is 87.1 cm³/mol. The number of carbonyl (C=O) groups is 1. The van der Waals surface area contributed by atoms with Gasteiger partial charge in [0, 0.05) is 12.6 Å². The first-order valence-electron chi connectivity index (χ1n) is 7.47. The second kappa shape index (κ2) is 8.92. The summed E-state index contributed by atoms with van der Waals surface area (Å²) >= 11 is 0. The van der Waals surface area contributed by atoms with Crippen LogP contribution in [0, 0.1) is 0 Å². The van der Waals surface area contributed by atoms with Gasteiger partial charge in [-0.2, -0.15) is 0 Å². The van der Waals surface area contributed by atoms with E-state index in [4.69, 9.17) is 9.47 Å². The van der Waals surface area contributed by atoms with Gasteiger partial charge in [-0.25, -0.2) is 4.79 Å². The number of nitrogens with one attached hydrogen (secondary N) is 1. The van der Waals surface area contributed by atoms with E-state index < -0.39 is 5.97 Å². The van der Waals surface area contributed by atoms with Crippen LogP contribution in [0.25, 0.3) is 0 Å². The molecular weight excluding hydrogens is 294 g/mol. The average molecular weight is 315 g/mol. The highest BCUT2D eigenvalue weighted by Gasteiger charge is 2.11. The van der Waals surface area contributed by atoms with Crippen molar-refractivity contribution in [3.63, 3.8) is 0 Å². The lowest BCUT2D eigenvalue weighted by atomic mass is 10.2. The van der Waals surface area contributed by atoms with Gasteiger partial charge in [0.25, 0.3) is 0 Å². The molecule has 0 aliphatic carbocycles. The average Bonchev–Trinajstić information content (AvgIpc) is 2.58. The zero-order valence-electron chi connectivity index (χ0n) is 13.1. The summed E-state index contributed by atoms with van der Waals surface area (Å²) in [7, 11) is 0. The van der Waals surface area contributed by atoms with Crippen molar-refractivity contribution in [2.24, 2.45) is 0 Å². The van der Waals surface area contributed by atoms with Gasteiger partial charge < -0.3 is 19.9 Å². The number of esters is 1. The Labute approximate surface area is 135 Å². The molecule has 0 heterocycles. The van der Waals surface area contributed by atoms with Gasteiger partial charge in [-0.05, 0) is 24.6 Å². The minimum absolute atomic E-state index is 0.101. The van der Waals surface area contributed by atoms with E-state index in [1.807, 2.05) is 25.1 Å². The number of para-hydroxylation sites is 1. The summed E-state index contributed by atoms with van der Waals surface area (Å²) < 4.78 is 10.3. The third-order valence-electron chi connectivity index (χ3n) is 3.26. The predicted octanol–water partition coefficient (Wildman–Crippen LogP) is 2.70. The number of ether oxygens (including phenoxy) is 2. The Morgan fingerprint density at radius 1 is 1.13 bits per heavy atom. The zero-order valence-corrected chi connectivity index (χ0v) is 13.1. The van der Waals surface area contributed by atoms with Crippen molar-refractivity contribution >= 4 is 5.97 Å². The number of aromatic hydroxyl groups is 1. The third-order valence-corrected chi connectivity index (χ3v) is 3.26. The molecule has 0 saturated heterocycles. The van der Waals surface area contributed by atoms with Crippen molar-refractivity contribution in [1.82, 2.24) is 5.32 Å². The van der Waals surface area contributed by atoms with Gasteiger partial charge in [0.1, 0.15) is 11.3 Å². The van der Waals surface area contributed by atoms with Crippen molar-refractivity contribution in [2.75, 3.05) is 13.4 Å². The molecule has 0 fully saturated rings. The molecule has 0 bridgehead atoms. The molecule has 0 spiro atoms. The maximum absolute atomic E-state index is 11.7. The molecule has 0 amide bonds. The van der Waals surface area contributed by atoms with Crippen LogP contribution in [0.3, 0.4) is 0 Å². The van der Waals surface area contributed by atoms with Gasteiger partial charge in [0.2, 0.25) is 0 Å². The molecule has 5 nitrogen and oxygen atoms in total. The summed E-state index contributed by atoms with van der Waals surface area (Å²) in [4.78, 5) is 11.7. The molecule has 0 aromatic heterocycles. The van der Waals surface area contributed by atoms with E-state index in [1.54, 1.807) is 12.1 Å². The number of rotatable bonds is 8. The Morgan fingerprint density at radius 3 is 2.57 bits per heavy atom. The van der Waals surface area contributed by atoms with Gasteiger partial charge >= 0.3 is 5.97 Å². The smallest absolute Gasteiger partial charge is 0.344 e. The summed E-state index contributed by atoms with van der Waals surface area (Å²) in [5, 5.41) is 12.9. The molecular formula is C18H21NO4. The Morgan fingerprint density at radius 2 is 1.83 bits per heavy atom. The number of phenols is 1. The van der Waals surface area contributed by atoms with Crippen molar-refractivity contribution in [2.45, 2.75) is 19.5 Å². The first-order chi connectivity index (χ1) is 11.2. The molecule has 1 atom stereocenters. The molecule has 23 heavy (non-hydrogen) atoms. The molecule has 2 aromatic rings. The van der Waals surface area contributed by atoms with Crippen LogP contribution >= 0.6 is 0 Å². The number of hydrogen-bond acceptors (Lipinski definition) is 5. The zero-order chi connectivity index (χ0) is 16.5. The first kappa shape index (κ1) is 17.0. The first-order valence-corrected chi connectivity index (χ1v) is 7.47.